The van der Waals surface area contributed by atoms with Gasteiger partial charge in [0.05, 0.1) is 10.6 Å². The fourth-order valence-electron chi connectivity index (χ4n) is 2.46. The number of phenols is 1. The van der Waals surface area contributed by atoms with Crippen molar-refractivity contribution in [3.63, 3.8) is 0 Å². The van der Waals surface area contributed by atoms with Gasteiger partial charge in [-0.3, -0.25) is 4.72 Å². The molecule has 0 radical (unpaired) electrons. The van der Waals surface area contributed by atoms with Gasteiger partial charge in [-0.1, -0.05) is 25.1 Å². The molecule has 1 heterocycles. The molecule has 0 aliphatic carbocycles. The van der Waals surface area contributed by atoms with Gasteiger partial charge in [0.2, 0.25) is 0 Å². The van der Waals surface area contributed by atoms with Crippen LogP contribution in [0, 0.1) is 5.82 Å². The Labute approximate surface area is 125 Å². The third-order valence-electron chi connectivity index (χ3n) is 3.48. The summed E-state index contributed by atoms with van der Waals surface area (Å²) in [4.78, 5) is 12.3. The summed E-state index contributed by atoms with van der Waals surface area (Å²) in [5, 5.41) is 12.9. The number of aromatic hydroxyl groups is 1. The lowest BCUT2D eigenvalue weighted by atomic mass is 9.90. The SMILES string of the molecule is CC(c1ccccc1F)c1c(O)ccc2c1NC(=O)NS2. The zero-order chi connectivity index (χ0) is 15.0. The van der Waals surface area contributed by atoms with Crippen LogP contribution in [0.4, 0.5) is 14.9 Å². The predicted molar refractivity (Wildman–Crippen MR) is 80.0 cm³/mol. The molecule has 0 saturated carbocycles. The van der Waals surface area contributed by atoms with Crippen LogP contribution in [0.3, 0.4) is 0 Å². The van der Waals surface area contributed by atoms with Crippen LogP contribution in [0.1, 0.15) is 24.0 Å². The highest BCUT2D eigenvalue weighted by atomic mass is 32.2. The van der Waals surface area contributed by atoms with Crippen molar-refractivity contribution in [2.75, 3.05) is 5.32 Å². The Morgan fingerprint density at radius 1 is 1.24 bits per heavy atom. The normalized spacial score (nSPS) is 14.9. The van der Waals surface area contributed by atoms with E-state index in [-0.39, 0.29) is 23.5 Å². The number of benzene rings is 2. The predicted octanol–water partition coefficient (Wildman–Crippen LogP) is 3.83. The van der Waals surface area contributed by atoms with Gasteiger partial charge >= 0.3 is 6.03 Å². The van der Waals surface area contributed by atoms with E-state index >= 15 is 0 Å². The third-order valence-corrected chi connectivity index (χ3v) is 4.33. The average Bonchev–Trinajstić information content (AvgIpc) is 2.47. The summed E-state index contributed by atoms with van der Waals surface area (Å²) in [6.07, 6.45) is 0. The number of carbonyl (C=O) groups is 1. The highest BCUT2D eigenvalue weighted by Crippen LogP contribution is 2.43. The Morgan fingerprint density at radius 3 is 2.76 bits per heavy atom. The molecule has 0 bridgehead atoms. The molecule has 6 heteroatoms. The van der Waals surface area contributed by atoms with E-state index in [2.05, 4.69) is 10.0 Å². The largest absolute Gasteiger partial charge is 0.508 e. The van der Waals surface area contributed by atoms with Gasteiger partial charge < -0.3 is 10.4 Å². The molecule has 2 amide bonds. The van der Waals surface area contributed by atoms with Crippen LogP contribution in [0.2, 0.25) is 0 Å². The molecule has 0 spiro atoms. The smallest absolute Gasteiger partial charge is 0.329 e. The van der Waals surface area contributed by atoms with Gasteiger partial charge in [0.15, 0.2) is 0 Å². The van der Waals surface area contributed by atoms with E-state index in [0.29, 0.717) is 16.8 Å². The lowest BCUT2D eigenvalue weighted by molar-refractivity contribution is 0.257. The van der Waals surface area contributed by atoms with Gasteiger partial charge in [0, 0.05) is 11.5 Å². The minimum Gasteiger partial charge on any atom is -0.508 e. The van der Waals surface area contributed by atoms with Crippen molar-refractivity contribution in [2.24, 2.45) is 0 Å². The molecule has 0 aromatic heterocycles. The second-order valence-electron chi connectivity index (χ2n) is 4.77. The van der Waals surface area contributed by atoms with Gasteiger partial charge in [-0.15, -0.1) is 0 Å². The fourth-order valence-corrected chi connectivity index (χ4v) is 3.12. The number of phenolic OH excluding ortho intramolecular Hbond substituents is 1. The first-order chi connectivity index (χ1) is 10.1. The number of urea groups is 1. The molecule has 1 atom stereocenters. The van der Waals surface area contributed by atoms with Crippen molar-refractivity contribution in [2.45, 2.75) is 17.7 Å². The monoisotopic (exact) mass is 304 g/mol. The minimum atomic E-state index is -0.389. The fraction of sp³-hybridized carbons (Fsp3) is 0.133. The summed E-state index contributed by atoms with van der Waals surface area (Å²) in [7, 11) is 0. The van der Waals surface area contributed by atoms with Crippen LogP contribution in [-0.4, -0.2) is 11.1 Å². The highest BCUT2D eigenvalue weighted by molar-refractivity contribution is 7.98. The summed E-state index contributed by atoms with van der Waals surface area (Å²) in [5.41, 5.74) is 1.51. The van der Waals surface area contributed by atoms with E-state index in [1.807, 2.05) is 0 Å². The van der Waals surface area contributed by atoms with Gasteiger partial charge in [-0.05, 0) is 35.7 Å². The van der Waals surface area contributed by atoms with E-state index in [0.717, 1.165) is 4.90 Å². The summed E-state index contributed by atoms with van der Waals surface area (Å²) in [6, 6.07) is 9.32. The molecule has 3 rings (SSSR count). The van der Waals surface area contributed by atoms with Crippen LogP contribution < -0.4 is 10.0 Å². The Hall–Kier alpha value is -2.21. The van der Waals surface area contributed by atoms with E-state index in [1.54, 1.807) is 37.3 Å². The van der Waals surface area contributed by atoms with E-state index < -0.39 is 0 Å². The lowest BCUT2D eigenvalue weighted by Crippen LogP contribution is -2.28. The van der Waals surface area contributed by atoms with Crippen molar-refractivity contribution >= 4 is 23.7 Å². The lowest BCUT2D eigenvalue weighted by Gasteiger charge is -2.24. The first-order valence-corrected chi connectivity index (χ1v) is 7.23. The van der Waals surface area contributed by atoms with Crippen LogP contribution in [0.25, 0.3) is 0 Å². The molecule has 4 nitrogen and oxygen atoms in total. The standard InChI is InChI=1S/C15H13FN2O2S/c1-8(9-4-2-3-5-10(9)16)13-11(19)6-7-12-14(13)17-15(20)18-21-12/h2-8,19H,1H3,(H2,17,18,20). The molecule has 21 heavy (non-hydrogen) atoms. The number of anilines is 1. The summed E-state index contributed by atoms with van der Waals surface area (Å²) >= 11 is 1.17. The summed E-state index contributed by atoms with van der Waals surface area (Å²) < 4.78 is 16.6. The summed E-state index contributed by atoms with van der Waals surface area (Å²) in [5.74, 6) is -0.692. The van der Waals surface area contributed by atoms with Crippen molar-refractivity contribution in [3.8, 4) is 5.75 Å². The van der Waals surface area contributed by atoms with Crippen molar-refractivity contribution in [1.29, 1.82) is 0 Å². The first kappa shape index (κ1) is 13.8. The van der Waals surface area contributed by atoms with Crippen LogP contribution >= 0.6 is 11.9 Å². The van der Waals surface area contributed by atoms with E-state index in [4.69, 9.17) is 0 Å². The molecule has 1 aliphatic heterocycles. The van der Waals surface area contributed by atoms with Crippen LogP contribution in [0.15, 0.2) is 41.3 Å². The molecular weight excluding hydrogens is 291 g/mol. The number of fused-ring (bicyclic) bond motifs is 1. The molecule has 2 aromatic carbocycles. The van der Waals surface area contributed by atoms with Crippen molar-refractivity contribution in [1.82, 2.24) is 4.72 Å². The second-order valence-corrected chi connectivity index (χ2v) is 5.62. The molecule has 108 valence electrons. The number of halogens is 1. The third kappa shape index (κ3) is 2.42. The zero-order valence-electron chi connectivity index (χ0n) is 11.2. The number of amides is 2. The van der Waals surface area contributed by atoms with E-state index in [1.165, 1.54) is 18.0 Å². The van der Waals surface area contributed by atoms with Crippen molar-refractivity contribution < 1.29 is 14.3 Å². The topological polar surface area (TPSA) is 61.4 Å². The van der Waals surface area contributed by atoms with Gasteiger partial charge in [0.25, 0.3) is 0 Å². The molecule has 0 saturated heterocycles. The number of rotatable bonds is 2. The number of hydrogen-bond donors (Lipinski definition) is 3. The quantitative estimate of drug-likeness (QED) is 0.739. The molecule has 1 aliphatic rings. The van der Waals surface area contributed by atoms with Gasteiger partial charge in [0.1, 0.15) is 11.6 Å². The molecule has 1 unspecified atom stereocenters. The number of nitrogens with one attached hydrogen (secondary N) is 2. The molecule has 3 N–H and O–H groups in total. The Balaban J connectivity index is 2.14. The maximum Gasteiger partial charge on any atom is 0.329 e. The summed E-state index contributed by atoms with van der Waals surface area (Å²) in [6.45, 7) is 1.80. The second kappa shape index (κ2) is 5.29. The number of carbonyl (C=O) groups excluding carboxylic acids is 1. The van der Waals surface area contributed by atoms with E-state index in [9.17, 15) is 14.3 Å². The molecule has 0 fully saturated rings. The number of hydrogen-bond acceptors (Lipinski definition) is 3. The minimum absolute atomic E-state index is 0.0345. The average molecular weight is 304 g/mol. The Morgan fingerprint density at radius 2 is 2.00 bits per heavy atom. The zero-order valence-corrected chi connectivity index (χ0v) is 12.0. The van der Waals surface area contributed by atoms with Gasteiger partial charge in [-0.25, -0.2) is 9.18 Å². The van der Waals surface area contributed by atoms with Crippen molar-refractivity contribution in [3.05, 3.63) is 53.3 Å². The van der Waals surface area contributed by atoms with Crippen LogP contribution in [0.5, 0.6) is 5.75 Å². The maximum atomic E-state index is 14.0. The Bertz CT molecular complexity index is 721. The van der Waals surface area contributed by atoms with Crippen LogP contribution in [-0.2, 0) is 0 Å². The molecular formula is C15H13FN2O2S. The highest BCUT2D eigenvalue weighted by Gasteiger charge is 2.25. The first-order valence-electron chi connectivity index (χ1n) is 6.42. The maximum absolute atomic E-state index is 14.0. The molecule has 2 aromatic rings. The van der Waals surface area contributed by atoms with Gasteiger partial charge in [-0.2, -0.15) is 0 Å². The Kier molecular flexibility index (Phi) is 3.47.